The van der Waals surface area contributed by atoms with Crippen LogP contribution in [0, 0.1) is 10.1 Å². The van der Waals surface area contributed by atoms with Crippen LogP contribution < -0.4 is 14.9 Å². The van der Waals surface area contributed by atoms with Gasteiger partial charge in [-0.2, -0.15) is 5.10 Å². The number of rotatable bonds is 6. The van der Waals surface area contributed by atoms with Crippen molar-refractivity contribution in [3.05, 3.63) is 57.9 Å². The summed E-state index contributed by atoms with van der Waals surface area (Å²) in [5, 5.41) is 14.8. The van der Waals surface area contributed by atoms with Crippen molar-refractivity contribution in [2.24, 2.45) is 5.10 Å². The monoisotopic (exact) mass is 330 g/mol. The molecule has 1 aromatic carbocycles. The molecule has 2 rings (SSSR count). The van der Waals surface area contributed by atoms with Gasteiger partial charge in [0, 0.05) is 30.1 Å². The van der Waals surface area contributed by atoms with Crippen molar-refractivity contribution in [1.29, 1.82) is 0 Å². The van der Waals surface area contributed by atoms with Gasteiger partial charge in [0.15, 0.2) is 0 Å². The number of ether oxygens (including phenoxy) is 2. The lowest BCUT2D eigenvalue weighted by Crippen LogP contribution is -2.17. The van der Waals surface area contributed by atoms with Gasteiger partial charge in [-0.3, -0.25) is 19.9 Å². The Balaban J connectivity index is 2.23. The number of benzene rings is 1. The molecule has 2 aromatic rings. The number of nitrogens with one attached hydrogen (secondary N) is 1. The van der Waals surface area contributed by atoms with Crippen LogP contribution in [0.15, 0.2) is 41.8 Å². The summed E-state index contributed by atoms with van der Waals surface area (Å²) in [6.07, 6.45) is 4.19. The smallest absolute Gasteiger partial charge is 0.311 e. The fourth-order valence-corrected chi connectivity index (χ4v) is 1.87. The Hall–Kier alpha value is -3.49. The maximum absolute atomic E-state index is 11.8. The number of carbonyl (C=O) groups is 1. The largest absolute Gasteiger partial charge is 0.496 e. The Morgan fingerprint density at radius 2 is 2.08 bits per heavy atom. The van der Waals surface area contributed by atoms with Gasteiger partial charge in [0.05, 0.1) is 30.9 Å². The number of hydrogen-bond donors (Lipinski definition) is 1. The van der Waals surface area contributed by atoms with E-state index in [0.29, 0.717) is 16.9 Å². The second-order valence-electron chi connectivity index (χ2n) is 4.46. The number of carbonyl (C=O) groups excluding carboxylic acids is 1. The zero-order valence-corrected chi connectivity index (χ0v) is 12.9. The molecule has 1 amide bonds. The van der Waals surface area contributed by atoms with Crippen molar-refractivity contribution in [2.75, 3.05) is 14.2 Å². The lowest BCUT2D eigenvalue weighted by Gasteiger charge is -2.08. The standard InChI is InChI=1S/C15H14N4O5/c1-23-13-7-14(24-2)12(19(21)22)6-11(13)9-17-18-15(20)10-4-3-5-16-8-10/h3-9H,1-2H3,(H,18,20)/b17-9+. The molecule has 9 nitrogen and oxygen atoms in total. The highest BCUT2D eigenvalue weighted by Crippen LogP contribution is 2.33. The number of hydrogen-bond acceptors (Lipinski definition) is 7. The number of pyridine rings is 1. The molecule has 0 aliphatic heterocycles. The van der Waals surface area contributed by atoms with Crippen molar-refractivity contribution in [1.82, 2.24) is 10.4 Å². The van der Waals surface area contributed by atoms with E-state index >= 15 is 0 Å². The molecule has 0 unspecified atom stereocenters. The Morgan fingerprint density at radius 1 is 1.33 bits per heavy atom. The molecule has 0 fully saturated rings. The highest BCUT2D eigenvalue weighted by atomic mass is 16.6. The van der Waals surface area contributed by atoms with Gasteiger partial charge in [0.25, 0.3) is 5.91 Å². The summed E-state index contributed by atoms with van der Waals surface area (Å²) in [5.74, 6) is -0.0773. The molecule has 1 N–H and O–H groups in total. The van der Waals surface area contributed by atoms with E-state index < -0.39 is 10.8 Å². The quantitative estimate of drug-likeness (QED) is 0.490. The van der Waals surface area contributed by atoms with E-state index in [1.165, 1.54) is 38.8 Å². The van der Waals surface area contributed by atoms with Crippen LogP contribution in [0.2, 0.25) is 0 Å². The van der Waals surface area contributed by atoms with Crippen molar-refractivity contribution in [3.8, 4) is 11.5 Å². The first-order chi connectivity index (χ1) is 11.6. The molecule has 24 heavy (non-hydrogen) atoms. The Bertz CT molecular complexity index is 777. The predicted octanol–water partition coefficient (Wildman–Crippen LogP) is 1.77. The van der Waals surface area contributed by atoms with Gasteiger partial charge in [-0.05, 0) is 12.1 Å². The Labute approximate surface area is 137 Å². The van der Waals surface area contributed by atoms with Crippen LogP contribution in [0.4, 0.5) is 5.69 Å². The second kappa shape index (κ2) is 7.68. The van der Waals surface area contributed by atoms with Crippen LogP contribution in [0.5, 0.6) is 11.5 Å². The molecule has 0 spiro atoms. The third-order valence-electron chi connectivity index (χ3n) is 3.02. The zero-order valence-electron chi connectivity index (χ0n) is 12.9. The van der Waals surface area contributed by atoms with Gasteiger partial charge in [-0.15, -0.1) is 0 Å². The van der Waals surface area contributed by atoms with E-state index in [9.17, 15) is 14.9 Å². The first kappa shape index (κ1) is 16.9. The summed E-state index contributed by atoms with van der Waals surface area (Å²) in [7, 11) is 2.73. The van der Waals surface area contributed by atoms with Gasteiger partial charge < -0.3 is 9.47 Å². The van der Waals surface area contributed by atoms with Crippen LogP contribution in [0.3, 0.4) is 0 Å². The average Bonchev–Trinajstić information content (AvgIpc) is 2.61. The fraction of sp³-hybridized carbons (Fsp3) is 0.133. The van der Waals surface area contributed by atoms with Crippen LogP contribution >= 0.6 is 0 Å². The number of aromatic nitrogens is 1. The molecule has 1 aromatic heterocycles. The highest BCUT2D eigenvalue weighted by Gasteiger charge is 2.18. The van der Waals surface area contributed by atoms with Crippen LogP contribution in [0.25, 0.3) is 0 Å². The molecule has 124 valence electrons. The molecular weight excluding hydrogens is 316 g/mol. The normalized spacial score (nSPS) is 10.4. The minimum Gasteiger partial charge on any atom is -0.496 e. The van der Waals surface area contributed by atoms with Crippen molar-refractivity contribution in [2.45, 2.75) is 0 Å². The molecule has 9 heteroatoms. The number of nitro benzene ring substituents is 1. The first-order valence-corrected chi connectivity index (χ1v) is 6.70. The summed E-state index contributed by atoms with van der Waals surface area (Å²) in [4.78, 5) is 26.2. The van der Waals surface area contributed by atoms with E-state index in [2.05, 4.69) is 15.5 Å². The Morgan fingerprint density at radius 3 is 2.67 bits per heavy atom. The minimum absolute atomic E-state index is 0.0633. The predicted molar refractivity (Wildman–Crippen MR) is 85.5 cm³/mol. The third kappa shape index (κ3) is 3.83. The van der Waals surface area contributed by atoms with Gasteiger partial charge >= 0.3 is 5.69 Å². The van der Waals surface area contributed by atoms with E-state index in [0.717, 1.165) is 0 Å². The number of amides is 1. The SMILES string of the molecule is COc1cc(OC)c([N+](=O)[O-])cc1/C=N/NC(=O)c1cccnc1. The highest BCUT2D eigenvalue weighted by molar-refractivity contribution is 5.95. The minimum atomic E-state index is -0.580. The summed E-state index contributed by atoms with van der Waals surface area (Å²) in [5.41, 5.74) is 2.72. The number of nitrogens with zero attached hydrogens (tertiary/aromatic N) is 3. The van der Waals surface area contributed by atoms with E-state index in [1.807, 2.05) is 0 Å². The van der Waals surface area contributed by atoms with E-state index in [1.54, 1.807) is 18.3 Å². The molecule has 1 heterocycles. The second-order valence-corrected chi connectivity index (χ2v) is 4.46. The van der Waals surface area contributed by atoms with Crippen molar-refractivity contribution >= 4 is 17.8 Å². The van der Waals surface area contributed by atoms with Crippen molar-refractivity contribution in [3.63, 3.8) is 0 Å². The molecule has 0 saturated heterocycles. The molecular formula is C15H14N4O5. The molecule has 0 radical (unpaired) electrons. The van der Waals surface area contributed by atoms with Crippen molar-refractivity contribution < 1.29 is 19.2 Å². The average molecular weight is 330 g/mol. The Kier molecular flexibility index (Phi) is 5.40. The fourth-order valence-electron chi connectivity index (χ4n) is 1.87. The lowest BCUT2D eigenvalue weighted by molar-refractivity contribution is -0.385. The van der Waals surface area contributed by atoms with Gasteiger partial charge in [0.2, 0.25) is 5.75 Å². The summed E-state index contributed by atoms with van der Waals surface area (Å²) < 4.78 is 10.1. The van der Waals surface area contributed by atoms with Gasteiger partial charge in [0.1, 0.15) is 5.75 Å². The third-order valence-corrected chi connectivity index (χ3v) is 3.02. The summed E-state index contributed by atoms with van der Waals surface area (Å²) in [6, 6.07) is 5.82. The molecule has 0 bridgehead atoms. The number of methoxy groups -OCH3 is 2. The molecule has 0 aliphatic rings. The topological polar surface area (TPSA) is 116 Å². The van der Waals surface area contributed by atoms with Crippen LogP contribution in [0.1, 0.15) is 15.9 Å². The molecule has 0 saturated carbocycles. The van der Waals surface area contributed by atoms with Crippen LogP contribution in [-0.4, -0.2) is 36.2 Å². The van der Waals surface area contributed by atoms with Gasteiger partial charge in [-0.25, -0.2) is 5.43 Å². The number of nitro groups is 1. The number of hydrazone groups is 1. The van der Waals surface area contributed by atoms with Crippen LogP contribution in [-0.2, 0) is 0 Å². The maximum Gasteiger partial charge on any atom is 0.311 e. The van der Waals surface area contributed by atoms with E-state index in [-0.39, 0.29) is 11.4 Å². The molecule has 0 atom stereocenters. The molecule has 0 aliphatic carbocycles. The van der Waals surface area contributed by atoms with E-state index in [4.69, 9.17) is 9.47 Å². The van der Waals surface area contributed by atoms with Gasteiger partial charge in [-0.1, -0.05) is 0 Å². The lowest BCUT2D eigenvalue weighted by atomic mass is 10.1. The summed E-state index contributed by atoms with van der Waals surface area (Å²) >= 11 is 0. The summed E-state index contributed by atoms with van der Waals surface area (Å²) in [6.45, 7) is 0. The maximum atomic E-state index is 11.8. The zero-order chi connectivity index (χ0) is 17.5. The first-order valence-electron chi connectivity index (χ1n) is 6.70.